The molecule has 5 nitrogen and oxygen atoms in total. The van der Waals surface area contributed by atoms with Gasteiger partial charge in [-0.2, -0.15) is 5.10 Å². The predicted octanol–water partition coefficient (Wildman–Crippen LogP) is 1.76. The number of hydrogen-bond donors (Lipinski definition) is 1. The fourth-order valence-electron chi connectivity index (χ4n) is 2.27. The summed E-state index contributed by atoms with van der Waals surface area (Å²) in [5.41, 5.74) is 7.93. The Bertz CT molecular complexity index is 757. The summed E-state index contributed by atoms with van der Waals surface area (Å²) in [6, 6.07) is 7.86. The highest BCUT2D eigenvalue weighted by Gasteiger charge is 2.41. The van der Waals surface area contributed by atoms with Gasteiger partial charge >= 0.3 is 0 Å². The Kier molecular flexibility index (Phi) is 2.02. The highest BCUT2D eigenvalue weighted by molar-refractivity contribution is 5.78. The van der Waals surface area contributed by atoms with Crippen molar-refractivity contribution >= 4 is 10.9 Å². The third-order valence-electron chi connectivity index (χ3n) is 3.62. The van der Waals surface area contributed by atoms with Crippen molar-refractivity contribution in [3.05, 3.63) is 48.5 Å². The first kappa shape index (κ1) is 10.6. The van der Waals surface area contributed by atoms with Crippen LogP contribution in [0.3, 0.4) is 0 Å². The first-order chi connectivity index (χ1) is 9.26. The summed E-state index contributed by atoms with van der Waals surface area (Å²) >= 11 is 0. The molecule has 0 bridgehead atoms. The fourth-order valence-corrected chi connectivity index (χ4v) is 2.27. The van der Waals surface area contributed by atoms with Crippen LogP contribution in [0.4, 0.5) is 0 Å². The molecule has 3 aromatic rings. The molecule has 0 atom stereocenters. The zero-order valence-corrected chi connectivity index (χ0v) is 10.3. The third-order valence-corrected chi connectivity index (χ3v) is 3.62. The SMILES string of the molecule is NC1(c2cccc(-n3ncc4cnccc43)n2)CC1. The van der Waals surface area contributed by atoms with Gasteiger partial charge in [0, 0.05) is 17.8 Å². The summed E-state index contributed by atoms with van der Waals surface area (Å²) in [5.74, 6) is 0.801. The van der Waals surface area contributed by atoms with Gasteiger partial charge in [0.1, 0.15) is 0 Å². The van der Waals surface area contributed by atoms with Crippen molar-refractivity contribution in [3.63, 3.8) is 0 Å². The van der Waals surface area contributed by atoms with Crippen LogP contribution in [0.5, 0.6) is 0 Å². The van der Waals surface area contributed by atoms with Gasteiger partial charge in [0.25, 0.3) is 0 Å². The summed E-state index contributed by atoms with van der Waals surface area (Å²) in [6.45, 7) is 0. The van der Waals surface area contributed by atoms with Crippen molar-refractivity contribution in [3.8, 4) is 5.82 Å². The minimum Gasteiger partial charge on any atom is -0.320 e. The average Bonchev–Trinajstić information content (AvgIpc) is 3.06. The molecule has 4 rings (SSSR count). The van der Waals surface area contributed by atoms with Crippen LogP contribution >= 0.6 is 0 Å². The Morgan fingerprint density at radius 3 is 2.89 bits per heavy atom. The lowest BCUT2D eigenvalue weighted by Crippen LogP contribution is -2.21. The van der Waals surface area contributed by atoms with E-state index < -0.39 is 0 Å². The summed E-state index contributed by atoms with van der Waals surface area (Å²) in [5, 5.41) is 5.39. The number of nitrogens with zero attached hydrogens (tertiary/aromatic N) is 4. The van der Waals surface area contributed by atoms with Gasteiger partial charge in [-0.05, 0) is 31.0 Å². The summed E-state index contributed by atoms with van der Waals surface area (Å²) in [7, 11) is 0. The molecule has 94 valence electrons. The zero-order valence-electron chi connectivity index (χ0n) is 10.3. The lowest BCUT2D eigenvalue weighted by atomic mass is 10.2. The molecule has 5 heteroatoms. The van der Waals surface area contributed by atoms with E-state index in [-0.39, 0.29) is 5.54 Å². The van der Waals surface area contributed by atoms with E-state index in [1.165, 1.54) is 0 Å². The maximum absolute atomic E-state index is 6.20. The molecule has 1 aliphatic rings. The van der Waals surface area contributed by atoms with Gasteiger partial charge in [-0.15, -0.1) is 0 Å². The Hall–Kier alpha value is -2.27. The quantitative estimate of drug-likeness (QED) is 0.753. The second kappa shape index (κ2) is 3.61. The van der Waals surface area contributed by atoms with Crippen LogP contribution in [0.2, 0.25) is 0 Å². The summed E-state index contributed by atoms with van der Waals surface area (Å²) in [4.78, 5) is 8.75. The largest absolute Gasteiger partial charge is 0.320 e. The maximum atomic E-state index is 6.20. The first-order valence-corrected chi connectivity index (χ1v) is 6.31. The topological polar surface area (TPSA) is 69.6 Å². The van der Waals surface area contributed by atoms with E-state index in [9.17, 15) is 0 Å². The van der Waals surface area contributed by atoms with Gasteiger partial charge in [-0.1, -0.05) is 6.07 Å². The molecule has 2 N–H and O–H groups in total. The minimum absolute atomic E-state index is 0.222. The Morgan fingerprint density at radius 2 is 2.05 bits per heavy atom. The number of nitrogens with two attached hydrogens (primary N) is 1. The number of hydrogen-bond acceptors (Lipinski definition) is 4. The second-order valence-corrected chi connectivity index (χ2v) is 5.03. The lowest BCUT2D eigenvalue weighted by molar-refractivity contribution is 0.699. The highest BCUT2D eigenvalue weighted by atomic mass is 15.3. The normalized spacial score (nSPS) is 16.7. The van der Waals surface area contributed by atoms with Crippen LogP contribution in [0.15, 0.2) is 42.9 Å². The summed E-state index contributed by atoms with van der Waals surface area (Å²) in [6.07, 6.45) is 7.37. The van der Waals surface area contributed by atoms with Crippen LogP contribution < -0.4 is 5.73 Å². The minimum atomic E-state index is -0.222. The van der Waals surface area contributed by atoms with Crippen LogP contribution in [0, 0.1) is 0 Å². The van der Waals surface area contributed by atoms with Crippen molar-refractivity contribution < 1.29 is 0 Å². The van der Waals surface area contributed by atoms with Gasteiger partial charge < -0.3 is 5.73 Å². The third kappa shape index (κ3) is 1.62. The van der Waals surface area contributed by atoms with E-state index in [0.29, 0.717) is 0 Å². The molecule has 0 saturated heterocycles. The molecule has 0 amide bonds. The molecule has 3 aromatic heterocycles. The van der Waals surface area contributed by atoms with Gasteiger partial charge in [-0.25, -0.2) is 9.67 Å². The van der Waals surface area contributed by atoms with Gasteiger partial charge in [0.05, 0.1) is 22.9 Å². The molecule has 0 aromatic carbocycles. The number of fused-ring (bicyclic) bond motifs is 1. The van der Waals surface area contributed by atoms with E-state index in [1.807, 2.05) is 28.9 Å². The smallest absolute Gasteiger partial charge is 0.154 e. The van der Waals surface area contributed by atoms with Gasteiger partial charge in [0.2, 0.25) is 0 Å². The Morgan fingerprint density at radius 1 is 1.16 bits per heavy atom. The van der Waals surface area contributed by atoms with Gasteiger partial charge in [-0.3, -0.25) is 4.98 Å². The van der Waals surface area contributed by atoms with Crippen molar-refractivity contribution in [2.45, 2.75) is 18.4 Å². The van der Waals surface area contributed by atoms with Crippen molar-refractivity contribution in [1.29, 1.82) is 0 Å². The molecule has 3 heterocycles. The zero-order chi connectivity index (χ0) is 12.9. The molecule has 0 radical (unpaired) electrons. The standard InChI is InChI=1S/C14H13N5/c15-14(5-6-14)12-2-1-3-13(18-12)19-11-4-7-16-8-10(11)9-17-19/h1-4,7-9H,5-6,15H2. The Labute approximate surface area is 110 Å². The van der Waals surface area contributed by atoms with Crippen LogP contribution in [0.25, 0.3) is 16.7 Å². The number of rotatable bonds is 2. The molecule has 0 aliphatic heterocycles. The molecule has 1 saturated carbocycles. The molecular formula is C14H13N5. The Balaban J connectivity index is 1.88. The van der Waals surface area contributed by atoms with E-state index in [4.69, 9.17) is 5.73 Å². The molecule has 1 aliphatic carbocycles. The van der Waals surface area contributed by atoms with Crippen LogP contribution in [-0.4, -0.2) is 19.7 Å². The van der Waals surface area contributed by atoms with Crippen molar-refractivity contribution in [2.75, 3.05) is 0 Å². The fraction of sp³-hybridized carbons (Fsp3) is 0.214. The number of pyridine rings is 2. The maximum Gasteiger partial charge on any atom is 0.154 e. The first-order valence-electron chi connectivity index (χ1n) is 6.31. The molecular weight excluding hydrogens is 238 g/mol. The van der Waals surface area contributed by atoms with E-state index in [1.54, 1.807) is 18.6 Å². The lowest BCUT2D eigenvalue weighted by Gasteiger charge is -2.10. The van der Waals surface area contributed by atoms with Crippen LogP contribution in [0.1, 0.15) is 18.5 Å². The van der Waals surface area contributed by atoms with Gasteiger partial charge in [0.15, 0.2) is 5.82 Å². The van der Waals surface area contributed by atoms with Crippen LogP contribution in [-0.2, 0) is 5.54 Å². The second-order valence-electron chi connectivity index (χ2n) is 5.03. The summed E-state index contributed by atoms with van der Waals surface area (Å²) < 4.78 is 1.83. The van der Waals surface area contributed by atoms with Crippen molar-refractivity contribution in [1.82, 2.24) is 19.7 Å². The average molecular weight is 251 g/mol. The predicted molar refractivity (Wildman–Crippen MR) is 71.8 cm³/mol. The van der Waals surface area contributed by atoms with E-state index in [2.05, 4.69) is 15.1 Å². The van der Waals surface area contributed by atoms with E-state index in [0.717, 1.165) is 35.3 Å². The molecule has 1 fully saturated rings. The highest BCUT2D eigenvalue weighted by Crippen LogP contribution is 2.41. The number of aromatic nitrogens is 4. The molecule has 0 unspecified atom stereocenters. The molecule has 19 heavy (non-hydrogen) atoms. The van der Waals surface area contributed by atoms with E-state index >= 15 is 0 Å². The monoisotopic (exact) mass is 251 g/mol. The van der Waals surface area contributed by atoms with Crippen molar-refractivity contribution in [2.24, 2.45) is 5.73 Å². The molecule has 0 spiro atoms.